The summed E-state index contributed by atoms with van der Waals surface area (Å²) < 4.78 is 13.2. The molecule has 0 aromatic heterocycles. The van der Waals surface area contributed by atoms with Crippen molar-refractivity contribution < 1.29 is 4.39 Å². The molecule has 0 amide bonds. The van der Waals surface area contributed by atoms with E-state index in [0.717, 1.165) is 37.2 Å². The van der Waals surface area contributed by atoms with Crippen LogP contribution < -0.4 is 5.73 Å². The van der Waals surface area contributed by atoms with Gasteiger partial charge in [-0.05, 0) is 42.5 Å². The van der Waals surface area contributed by atoms with Crippen molar-refractivity contribution in [1.82, 2.24) is 4.90 Å². The van der Waals surface area contributed by atoms with E-state index in [2.05, 4.69) is 11.8 Å². The molecule has 3 heteroatoms. The molecule has 94 valence electrons. The summed E-state index contributed by atoms with van der Waals surface area (Å²) >= 11 is 0. The van der Waals surface area contributed by atoms with Gasteiger partial charge in [-0.25, -0.2) is 4.39 Å². The van der Waals surface area contributed by atoms with Crippen LogP contribution in [0.2, 0.25) is 0 Å². The highest BCUT2D eigenvalue weighted by molar-refractivity contribution is 5.26. The first-order valence-corrected chi connectivity index (χ1v) is 6.27. The number of nitrogens with two attached hydrogens (primary N) is 1. The fourth-order valence-corrected chi connectivity index (χ4v) is 2.69. The van der Waals surface area contributed by atoms with Gasteiger partial charge in [-0.2, -0.15) is 0 Å². The second kappa shape index (κ2) is 5.15. The Kier molecular flexibility index (Phi) is 3.79. The van der Waals surface area contributed by atoms with Gasteiger partial charge >= 0.3 is 0 Å². The first-order valence-electron chi connectivity index (χ1n) is 6.27. The van der Waals surface area contributed by atoms with Crippen LogP contribution in [-0.4, -0.2) is 24.0 Å². The summed E-state index contributed by atoms with van der Waals surface area (Å²) in [7, 11) is 0. The maximum absolute atomic E-state index is 13.2. The minimum absolute atomic E-state index is 0.153. The van der Waals surface area contributed by atoms with Gasteiger partial charge in [0, 0.05) is 25.7 Å². The van der Waals surface area contributed by atoms with E-state index in [-0.39, 0.29) is 11.9 Å². The van der Waals surface area contributed by atoms with Crippen LogP contribution in [0.1, 0.15) is 24.5 Å². The molecule has 2 atom stereocenters. The lowest BCUT2D eigenvalue weighted by Crippen LogP contribution is -2.45. The molecule has 1 saturated heterocycles. The molecule has 0 aliphatic carbocycles. The maximum Gasteiger partial charge on any atom is 0.123 e. The largest absolute Gasteiger partial charge is 0.327 e. The molecule has 2 N–H and O–H groups in total. The average Bonchev–Trinajstić information content (AvgIpc) is 2.22. The summed E-state index contributed by atoms with van der Waals surface area (Å²) in [5, 5.41) is 0. The van der Waals surface area contributed by atoms with Gasteiger partial charge < -0.3 is 5.73 Å². The summed E-state index contributed by atoms with van der Waals surface area (Å²) in [5.41, 5.74) is 8.25. The summed E-state index contributed by atoms with van der Waals surface area (Å²) in [6.07, 6.45) is 1.10. The number of benzene rings is 1. The van der Waals surface area contributed by atoms with Crippen LogP contribution in [0.4, 0.5) is 4.39 Å². The first kappa shape index (κ1) is 12.5. The third-order valence-corrected chi connectivity index (χ3v) is 3.47. The Labute approximate surface area is 103 Å². The lowest BCUT2D eigenvalue weighted by molar-refractivity contribution is 0.158. The van der Waals surface area contributed by atoms with Crippen molar-refractivity contribution in [3.05, 3.63) is 35.1 Å². The van der Waals surface area contributed by atoms with Crippen LogP contribution in [0.25, 0.3) is 0 Å². The third kappa shape index (κ3) is 3.27. The van der Waals surface area contributed by atoms with Crippen LogP contribution in [0, 0.1) is 18.7 Å². The van der Waals surface area contributed by atoms with Crippen molar-refractivity contribution in [2.24, 2.45) is 11.7 Å². The highest BCUT2D eigenvalue weighted by atomic mass is 19.1. The van der Waals surface area contributed by atoms with Crippen molar-refractivity contribution >= 4 is 0 Å². The quantitative estimate of drug-likeness (QED) is 0.853. The highest BCUT2D eigenvalue weighted by Crippen LogP contribution is 2.19. The Morgan fingerprint density at radius 3 is 2.88 bits per heavy atom. The summed E-state index contributed by atoms with van der Waals surface area (Å²) in [4.78, 5) is 2.33. The topological polar surface area (TPSA) is 29.3 Å². The predicted molar refractivity (Wildman–Crippen MR) is 68.2 cm³/mol. The van der Waals surface area contributed by atoms with Crippen LogP contribution in [0.15, 0.2) is 18.2 Å². The molecule has 0 saturated carbocycles. The molecule has 2 unspecified atom stereocenters. The number of hydrogen-bond donors (Lipinski definition) is 1. The number of aryl methyl sites for hydroxylation is 1. The van der Waals surface area contributed by atoms with E-state index in [0.29, 0.717) is 5.92 Å². The van der Waals surface area contributed by atoms with E-state index >= 15 is 0 Å². The SMILES string of the molecule is Cc1ccc(F)cc1CN1CC(C)CC(N)C1. The van der Waals surface area contributed by atoms with Gasteiger partial charge in [0.1, 0.15) is 5.82 Å². The van der Waals surface area contributed by atoms with Gasteiger partial charge in [-0.3, -0.25) is 4.90 Å². The molecular formula is C14H21FN2. The summed E-state index contributed by atoms with van der Waals surface area (Å²) in [6, 6.07) is 5.26. The monoisotopic (exact) mass is 236 g/mol. The molecule has 1 fully saturated rings. The van der Waals surface area contributed by atoms with Gasteiger partial charge in [0.2, 0.25) is 0 Å². The zero-order valence-electron chi connectivity index (χ0n) is 10.6. The molecule has 0 radical (unpaired) electrons. The number of likely N-dealkylation sites (tertiary alicyclic amines) is 1. The average molecular weight is 236 g/mol. The summed E-state index contributed by atoms with van der Waals surface area (Å²) in [5.74, 6) is 0.479. The zero-order valence-corrected chi connectivity index (χ0v) is 10.6. The smallest absolute Gasteiger partial charge is 0.123 e. The second-order valence-electron chi connectivity index (χ2n) is 5.37. The van der Waals surface area contributed by atoms with Crippen molar-refractivity contribution in [3.63, 3.8) is 0 Å². The molecule has 0 spiro atoms. The van der Waals surface area contributed by atoms with E-state index in [4.69, 9.17) is 5.73 Å². The van der Waals surface area contributed by atoms with Crippen molar-refractivity contribution in [2.75, 3.05) is 13.1 Å². The van der Waals surface area contributed by atoms with Gasteiger partial charge in [0.15, 0.2) is 0 Å². The number of halogens is 1. The van der Waals surface area contributed by atoms with Crippen LogP contribution in [0.5, 0.6) is 0 Å². The van der Waals surface area contributed by atoms with Gasteiger partial charge in [-0.15, -0.1) is 0 Å². The molecular weight excluding hydrogens is 215 g/mol. The van der Waals surface area contributed by atoms with E-state index < -0.39 is 0 Å². The molecule has 17 heavy (non-hydrogen) atoms. The molecule has 0 bridgehead atoms. The highest BCUT2D eigenvalue weighted by Gasteiger charge is 2.22. The number of nitrogens with zero attached hydrogens (tertiary/aromatic N) is 1. The van der Waals surface area contributed by atoms with Gasteiger partial charge in [0.05, 0.1) is 0 Å². The molecule has 1 aliphatic heterocycles. The van der Waals surface area contributed by atoms with E-state index in [1.54, 1.807) is 6.07 Å². The van der Waals surface area contributed by atoms with Crippen molar-refractivity contribution in [2.45, 2.75) is 32.9 Å². The third-order valence-electron chi connectivity index (χ3n) is 3.47. The Bertz CT molecular complexity index is 382. The van der Waals surface area contributed by atoms with Crippen LogP contribution >= 0.6 is 0 Å². The molecule has 1 aromatic carbocycles. The van der Waals surface area contributed by atoms with E-state index in [9.17, 15) is 4.39 Å². The lowest BCUT2D eigenvalue weighted by Gasteiger charge is -2.35. The van der Waals surface area contributed by atoms with Crippen LogP contribution in [0.3, 0.4) is 0 Å². The molecule has 2 rings (SSSR count). The summed E-state index contributed by atoms with van der Waals surface area (Å²) in [6.45, 7) is 7.04. The van der Waals surface area contributed by atoms with Gasteiger partial charge in [0.25, 0.3) is 0 Å². The van der Waals surface area contributed by atoms with Crippen molar-refractivity contribution in [1.29, 1.82) is 0 Å². The van der Waals surface area contributed by atoms with Crippen LogP contribution in [-0.2, 0) is 6.54 Å². The first-order chi connectivity index (χ1) is 8.04. The van der Waals surface area contributed by atoms with E-state index in [1.165, 1.54) is 6.07 Å². The molecule has 2 nitrogen and oxygen atoms in total. The lowest BCUT2D eigenvalue weighted by atomic mass is 9.96. The Hall–Kier alpha value is -0.930. The Balaban J connectivity index is 2.07. The Morgan fingerprint density at radius 2 is 2.18 bits per heavy atom. The minimum Gasteiger partial charge on any atom is -0.327 e. The molecule has 1 heterocycles. The second-order valence-corrected chi connectivity index (χ2v) is 5.37. The fraction of sp³-hybridized carbons (Fsp3) is 0.571. The molecule has 1 aliphatic rings. The standard InChI is InChI=1S/C14H21FN2/c1-10-5-14(16)9-17(7-10)8-12-6-13(15)4-3-11(12)2/h3-4,6,10,14H,5,7-9,16H2,1-2H3. The Morgan fingerprint density at radius 1 is 1.41 bits per heavy atom. The van der Waals surface area contributed by atoms with Crippen molar-refractivity contribution in [3.8, 4) is 0 Å². The van der Waals surface area contributed by atoms with Gasteiger partial charge in [-0.1, -0.05) is 13.0 Å². The number of piperidine rings is 1. The molecule has 1 aromatic rings. The number of hydrogen-bond acceptors (Lipinski definition) is 2. The maximum atomic E-state index is 13.2. The van der Waals surface area contributed by atoms with E-state index in [1.807, 2.05) is 13.0 Å². The predicted octanol–water partition coefficient (Wildman–Crippen LogP) is 2.30. The fourth-order valence-electron chi connectivity index (χ4n) is 2.69. The zero-order chi connectivity index (χ0) is 12.4. The normalized spacial score (nSPS) is 26.1. The minimum atomic E-state index is -0.153. The number of rotatable bonds is 2.